The Kier molecular flexibility index (Phi) is 5.96. The fourth-order valence-electron chi connectivity index (χ4n) is 1.72. The second-order valence-electron chi connectivity index (χ2n) is 4.99. The predicted octanol–water partition coefficient (Wildman–Crippen LogP) is 2.83. The first-order valence-electron chi connectivity index (χ1n) is 6.47. The standard InChI is InChI=1S/C15H19F3N2O/c1-11(8-9-20(2)3)14(21)19-10-12-6-4-5-7-13(12)15(16,17)18/h4-7H,1,8-10H2,2-3H3,(H,19,21). The van der Waals surface area contributed by atoms with E-state index in [2.05, 4.69) is 11.9 Å². The number of alkyl halides is 3. The molecule has 1 N–H and O–H groups in total. The SMILES string of the molecule is C=C(CCN(C)C)C(=O)NCc1ccccc1C(F)(F)F. The van der Waals surface area contributed by atoms with Crippen LogP contribution >= 0.6 is 0 Å². The van der Waals surface area contributed by atoms with Crippen molar-refractivity contribution in [1.82, 2.24) is 10.2 Å². The molecule has 0 aliphatic carbocycles. The third-order valence-electron chi connectivity index (χ3n) is 2.94. The number of hydrogen-bond donors (Lipinski definition) is 1. The van der Waals surface area contributed by atoms with Crippen molar-refractivity contribution in [3.05, 3.63) is 47.5 Å². The second-order valence-corrected chi connectivity index (χ2v) is 4.99. The summed E-state index contributed by atoms with van der Waals surface area (Å²) in [5.74, 6) is -0.422. The van der Waals surface area contributed by atoms with Crippen molar-refractivity contribution in [2.75, 3.05) is 20.6 Å². The Morgan fingerprint density at radius 3 is 2.48 bits per heavy atom. The van der Waals surface area contributed by atoms with Gasteiger partial charge in [-0.25, -0.2) is 0 Å². The van der Waals surface area contributed by atoms with Crippen molar-refractivity contribution in [3.63, 3.8) is 0 Å². The zero-order valence-corrected chi connectivity index (χ0v) is 12.1. The summed E-state index contributed by atoms with van der Waals surface area (Å²) < 4.78 is 38.4. The number of benzene rings is 1. The molecule has 0 aliphatic heterocycles. The van der Waals surface area contributed by atoms with E-state index in [1.54, 1.807) is 0 Å². The van der Waals surface area contributed by atoms with Crippen LogP contribution < -0.4 is 5.32 Å². The van der Waals surface area contributed by atoms with Gasteiger partial charge in [-0.2, -0.15) is 13.2 Å². The van der Waals surface area contributed by atoms with E-state index < -0.39 is 17.6 Å². The Labute approximate surface area is 122 Å². The molecule has 1 aromatic rings. The Hall–Kier alpha value is -1.82. The number of nitrogens with zero attached hydrogens (tertiary/aromatic N) is 1. The molecular formula is C15H19F3N2O. The molecule has 0 unspecified atom stereocenters. The first kappa shape index (κ1) is 17.2. The molecule has 0 heterocycles. The summed E-state index contributed by atoms with van der Waals surface area (Å²) in [5.41, 5.74) is -0.337. The fourth-order valence-corrected chi connectivity index (χ4v) is 1.72. The molecule has 3 nitrogen and oxygen atoms in total. The zero-order chi connectivity index (χ0) is 16.0. The quantitative estimate of drug-likeness (QED) is 0.819. The Morgan fingerprint density at radius 2 is 1.90 bits per heavy atom. The number of carbonyl (C=O) groups is 1. The van der Waals surface area contributed by atoms with Crippen LogP contribution in [-0.2, 0) is 17.5 Å². The van der Waals surface area contributed by atoms with E-state index in [1.807, 2.05) is 19.0 Å². The zero-order valence-electron chi connectivity index (χ0n) is 12.1. The minimum atomic E-state index is -4.43. The van der Waals surface area contributed by atoms with Crippen molar-refractivity contribution >= 4 is 5.91 Å². The van der Waals surface area contributed by atoms with E-state index in [1.165, 1.54) is 18.2 Å². The highest BCUT2D eigenvalue weighted by Gasteiger charge is 2.32. The monoisotopic (exact) mass is 300 g/mol. The minimum Gasteiger partial charge on any atom is -0.348 e. The van der Waals surface area contributed by atoms with Crippen molar-refractivity contribution < 1.29 is 18.0 Å². The van der Waals surface area contributed by atoms with Crippen LogP contribution in [0, 0.1) is 0 Å². The summed E-state index contributed by atoms with van der Waals surface area (Å²) in [5, 5.41) is 2.48. The molecule has 1 amide bonds. The summed E-state index contributed by atoms with van der Waals surface area (Å²) in [4.78, 5) is 13.7. The molecule has 0 aliphatic rings. The van der Waals surface area contributed by atoms with E-state index in [-0.39, 0.29) is 12.1 Å². The number of carbonyl (C=O) groups excluding carboxylic acids is 1. The molecular weight excluding hydrogens is 281 g/mol. The lowest BCUT2D eigenvalue weighted by Crippen LogP contribution is -2.27. The van der Waals surface area contributed by atoms with Gasteiger partial charge < -0.3 is 10.2 Å². The fraction of sp³-hybridized carbons (Fsp3) is 0.400. The van der Waals surface area contributed by atoms with Gasteiger partial charge in [-0.05, 0) is 32.1 Å². The van der Waals surface area contributed by atoms with Gasteiger partial charge >= 0.3 is 6.18 Å². The van der Waals surface area contributed by atoms with Gasteiger partial charge in [0.15, 0.2) is 0 Å². The van der Waals surface area contributed by atoms with Gasteiger partial charge in [0, 0.05) is 18.7 Å². The van der Waals surface area contributed by atoms with Crippen LogP contribution in [0.2, 0.25) is 0 Å². The van der Waals surface area contributed by atoms with Gasteiger partial charge in [0.2, 0.25) is 5.91 Å². The molecule has 1 aromatic carbocycles. The number of rotatable bonds is 6. The van der Waals surface area contributed by atoms with Gasteiger partial charge in [-0.3, -0.25) is 4.79 Å². The minimum absolute atomic E-state index is 0.0405. The lowest BCUT2D eigenvalue weighted by Gasteiger charge is -2.14. The third kappa shape index (κ3) is 5.59. The molecule has 0 radical (unpaired) electrons. The number of nitrogens with one attached hydrogen (secondary N) is 1. The third-order valence-corrected chi connectivity index (χ3v) is 2.94. The molecule has 1 rings (SSSR count). The van der Waals surface area contributed by atoms with Gasteiger partial charge in [-0.15, -0.1) is 0 Å². The smallest absolute Gasteiger partial charge is 0.348 e. The maximum atomic E-state index is 12.8. The van der Waals surface area contributed by atoms with Crippen molar-refractivity contribution in [2.45, 2.75) is 19.1 Å². The topological polar surface area (TPSA) is 32.3 Å². The van der Waals surface area contributed by atoms with Gasteiger partial charge in [0.05, 0.1) is 5.56 Å². The average Bonchev–Trinajstić information content (AvgIpc) is 2.41. The second kappa shape index (κ2) is 7.26. The molecule has 0 aromatic heterocycles. The highest BCUT2D eigenvalue weighted by atomic mass is 19.4. The Bertz CT molecular complexity index is 510. The number of amides is 1. The van der Waals surface area contributed by atoms with Gasteiger partial charge in [-0.1, -0.05) is 24.8 Å². The normalized spacial score (nSPS) is 11.5. The molecule has 0 spiro atoms. The van der Waals surface area contributed by atoms with Gasteiger partial charge in [0.1, 0.15) is 0 Å². The summed E-state index contributed by atoms with van der Waals surface area (Å²) >= 11 is 0. The molecule has 0 bridgehead atoms. The molecule has 0 atom stereocenters. The molecule has 116 valence electrons. The summed E-state index contributed by atoms with van der Waals surface area (Å²) in [7, 11) is 3.73. The predicted molar refractivity (Wildman–Crippen MR) is 75.6 cm³/mol. The van der Waals surface area contributed by atoms with Crippen LogP contribution in [0.4, 0.5) is 13.2 Å². The summed E-state index contributed by atoms with van der Waals surface area (Å²) in [6.45, 7) is 4.14. The molecule has 0 saturated carbocycles. The lowest BCUT2D eigenvalue weighted by molar-refractivity contribution is -0.138. The van der Waals surface area contributed by atoms with Crippen LogP contribution in [0.15, 0.2) is 36.4 Å². The van der Waals surface area contributed by atoms with E-state index in [0.29, 0.717) is 18.5 Å². The Balaban J connectivity index is 2.64. The number of halogens is 3. The van der Waals surface area contributed by atoms with Crippen molar-refractivity contribution in [2.24, 2.45) is 0 Å². The largest absolute Gasteiger partial charge is 0.416 e. The first-order valence-corrected chi connectivity index (χ1v) is 6.47. The van der Waals surface area contributed by atoms with Crippen LogP contribution in [0.1, 0.15) is 17.5 Å². The van der Waals surface area contributed by atoms with Crippen LogP contribution in [0.5, 0.6) is 0 Å². The maximum Gasteiger partial charge on any atom is 0.416 e. The molecule has 6 heteroatoms. The van der Waals surface area contributed by atoms with E-state index in [9.17, 15) is 18.0 Å². The Morgan fingerprint density at radius 1 is 1.29 bits per heavy atom. The first-order chi connectivity index (χ1) is 9.71. The highest BCUT2D eigenvalue weighted by Crippen LogP contribution is 2.31. The van der Waals surface area contributed by atoms with Crippen LogP contribution in [0.25, 0.3) is 0 Å². The lowest BCUT2D eigenvalue weighted by atomic mass is 10.1. The molecule has 0 saturated heterocycles. The van der Waals surface area contributed by atoms with Crippen LogP contribution in [-0.4, -0.2) is 31.4 Å². The average molecular weight is 300 g/mol. The van der Waals surface area contributed by atoms with Crippen molar-refractivity contribution in [3.8, 4) is 0 Å². The van der Waals surface area contributed by atoms with E-state index >= 15 is 0 Å². The molecule has 0 fully saturated rings. The number of hydrogen-bond acceptors (Lipinski definition) is 2. The summed E-state index contributed by atoms with van der Waals surface area (Å²) in [6.07, 6.45) is -3.96. The highest BCUT2D eigenvalue weighted by molar-refractivity contribution is 5.92. The van der Waals surface area contributed by atoms with Crippen LogP contribution in [0.3, 0.4) is 0 Å². The van der Waals surface area contributed by atoms with Crippen molar-refractivity contribution in [1.29, 1.82) is 0 Å². The van der Waals surface area contributed by atoms with Gasteiger partial charge in [0.25, 0.3) is 0 Å². The molecule has 21 heavy (non-hydrogen) atoms. The van der Waals surface area contributed by atoms with E-state index in [0.717, 1.165) is 6.07 Å². The maximum absolute atomic E-state index is 12.8. The van der Waals surface area contributed by atoms with E-state index in [4.69, 9.17) is 0 Å². The summed E-state index contributed by atoms with van der Waals surface area (Å²) in [6, 6.07) is 5.19.